The van der Waals surface area contributed by atoms with Crippen molar-refractivity contribution in [2.75, 3.05) is 20.2 Å². The van der Waals surface area contributed by atoms with Crippen LogP contribution in [0.2, 0.25) is 0 Å². The molecule has 94 valence electrons. The number of rotatable bonds is 4. The van der Waals surface area contributed by atoms with Gasteiger partial charge < -0.3 is 10.1 Å². The van der Waals surface area contributed by atoms with E-state index in [-0.39, 0.29) is 0 Å². The van der Waals surface area contributed by atoms with Crippen LogP contribution in [0.5, 0.6) is 5.75 Å². The molecule has 1 heterocycles. The molecule has 0 amide bonds. The van der Waals surface area contributed by atoms with Crippen LogP contribution in [0.1, 0.15) is 30.9 Å². The summed E-state index contributed by atoms with van der Waals surface area (Å²) in [5.41, 5.74) is 2.72. The summed E-state index contributed by atoms with van der Waals surface area (Å²) in [5, 5.41) is 3.42. The summed E-state index contributed by atoms with van der Waals surface area (Å²) in [6.07, 6.45) is 4.79. The normalized spacial score (nSPS) is 17.1. The molecule has 1 fully saturated rings. The van der Waals surface area contributed by atoms with E-state index in [0.717, 1.165) is 18.1 Å². The van der Waals surface area contributed by atoms with E-state index in [0.29, 0.717) is 0 Å². The molecule has 1 N–H and O–H groups in total. The topological polar surface area (TPSA) is 21.3 Å². The van der Waals surface area contributed by atoms with Crippen LogP contribution in [0.15, 0.2) is 18.2 Å². The van der Waals surface area contributed by atoms with Crippen LogP contribution in [-0.2, 0) is 12.8 Å². The summed E-state index contributed by atoms with van der Waals surface area (Å²) < 4.78 is 5.59. The highest BCUT2D eigenvalue weighted by molar-refractivity contribution is 5.41. The van der Waals surface area contributed by atoms with E-state index in [2.05, 4.69) is 30.4 Å². The second-order valence-electron chi connectivity index (χ2n) is 4.86. The maximum atomic E-state index is 5.59. The van der Waals surface area contributed by atoms with Crippen LogP contribution in [-0.4, -0.2) is 20.2 Å². The number of methoxy groups -OCH3 is 1. The molecule has 1 aromatic carbocycles. The number of piperidine rings is 1. The summed E-state index contributed by atoms with van der Waals surface area (Å²) >= 11 is 0. The zero-order valence-corrected chi connectivity index (χ0v) is 11.0. The summed E-state index contributed by atoms with van der Waals surface area (Å²) in [7, 11) is 1.79. The Morgan fingerprint density at radius 2 is 1.94 bits per heavy atom. The second-order valence-corrected chi connectivity index (χ2v) is 4.86. The number of nitrogens with one attached hydrogen (secondary N) is 1. The Morgan fingerprint density at radius 3 is 2.59 bits per heavy atom. The van der Waals surface area contributed by atoms with Gasteiger partial charge in [-0.25, -0.2) is 0 Å². The van der Waals surface area contributed by atoms with Gasteiger partial charge in [-0.2, -0.15) is 0 Å². The van der Waals surface area contributed by atoms with Crippen molar-refractivity contribution in [1.82, 2.24) is 5.32 Å². The lowest BCUT2D eigenvalue weighted by molar-refractivity contribution is 0.360. The van der Waals surface area contributed by atoms with E-state index in [1.165, 1.54) is 43.5 Å². The molecule has 1 aliphatic rings. The number of hydrogen-bond acceptors (Lipinski definition) is 2. The number of benzene rings is 1. The molecule has 0 spiro atoms. The average Bonchev–Trinajstić information content (AvgIpc) is 2.39. The maximum Gasteiger partial charge on any atom is 0.125 e. The number of aryl methyl sites for hydroxylation is 1. The van der Waals surface area contributed by atoms with E-state index in [9.17, 15) is 0 Å². The second kappa shape index (κ2) is 6.06. The molecule has 2 nitrogen and oxygen atoms in total. The van der Waals surface area contributed by atoms with Crippen LogP contribution in [0.25, 0.3) is 0 Å². The summed E-state index contributed by atoms with van der Waals surface area (Å²) in [6.45, 7) is 4.52. The lowest BCUT2D eigenvalue weighted by atomic mass is 9.89. The minimum Gasteiger partial charge on any atom is -0.496 e. The van der Waals surface area contributed by atoms with Gasteiger partial charge in [0.05, 0.1) is 7.11 Å². The van der Waals surface area contributed by atoms with E-state index >= 15 is 0 Å². The Balaban J connectivity index is 2.13. The highest BCUT2D eigenvalue weighted by atomic mass is 16.5. The van der Waals surface area contributed by atoms with Gasteiger partial charge in [-0.05, 0) is 55.8 Å². The van der Waals surface area contributed by atoms with Crippen LogP contribution in [0.4, 0.5) is 0 Å². The molecular weight excluding hydrogens is 210 g/mol. The van der Waals surface area contributed by atoms with Gasteiger partial charge in [0.15, 0.2) is 0 Å². The molecule has 17 heavy (non-hydrogen) atoms. The SMILES string of the molecule is CCc1cccc(CC2CCNCC2)c1OC. The van der Waals surface area contributed by atoms with Gasteiger partial charge in [-0.15, -0.1) is 0 Å². The predicted molar refractivity (Wildman–Crippen MR) is 71.7 cm³/mol. The van der Waals surface area contributed by atoms with E-state index in [4.69, 9.17) is 4.74 Å². The molecule has 0 aromatic heterocycles. The number of hydrogen-bond donors (Lipinski definition) is 1. The summed E-state index contributed by atoms with van der Waals surface area (Å²) in [4.78, 5) is 0. The number of para-hydroxylation sites is 1. The van der Waals surface area contributed by atoms with Gasteiger partial charge in [0.2, 0.25) is 0 Å². The van der Waals surface area contributed by atoms with Crippen LogP contribution in [0.3, 0.4) is 0 Å². The molecule has 1 aromatic rings. The average molecular weight is 233 g/mol. The van der Waals surface area contributed by atoms with Crippen molar-refractivity contribution in [1.29, 1.82) is 0 Å². The quantitative estimate of drug-likeness (QED) is 0.863. The van der Waals surface area contributed by atoms with Gasteiger partial charge >= 0.3 is 0 Å². The standard InChI is InChI=1S/C15H23NO/c1-3-13-5-4-6-14(15(13)17-2)11-12-7-9-16-10-8-12/h4-6,12,16H,3,7-11H2,1-2H3. The van der Waals surface area contributed by atoms with Crippen LogP contribution in [0, 0.1) is 5.92 Å². The van der Waals surface area contributed by atoms with Gasteiger partial charge in [0.25, 0.3) is 0 Å². The van der Waals surface area contributed by atoms with Crippen LogP contribution < -0.4 is 10.1 Å². The molecule has 0 radical (unpaired) electrons. The minimum atomic E-state index is 0.817. The van der Waals surface area contributed by atoms with Crippen molar-refractivity contribution in [2.45, 2.75) is 32.6 Å². The molecule has 1 aliphatic heterocycles. The molecule has 0 saturated carbocycles. The molecule has 0 atom stereocenters. The Morgan fingerprint density at radius 1 is 1.24 bits per heavy atom. The minimum absolute atomic E-state index is 0.817. The first-order chi connectivity index (χ1) is 8.35. The van der Waals surface area contributed by atoms with E-state index in [1.807, 2.05) is 0 Å². The van der Waals surface area contributed by atoms with Crippen molar-refractivity contribution in [3.05, 3.63) is 29.3 Å². The zero-order chi connectivity index (χ0) is 12.1. The van der Waals surface area contributed by atoms with Crippen molar-refractivity contribution in [3.63, 3.8) is 0 Å². The lowest BCUT2D eigenvalue weighted by Gasteiger charge is -2.23. The molecule has 0 aliphatic carbocycles. The van der Waals surface area contributed by atoms with Gasteiger partial charge in [0, 0.05) is 0 Å². The molecule has 0 unspecified atom stereocenters. The van der Waals surface area contributed by atoms with Crippen LogP contribution >= 0.6 is 0 Å². The van der Waals surface area contributed by atoms with E-state index < -0.39 is 0 Å². The van der Waals surface area contributed by atoms with Gasteiger partial charge in [-0.3, -0.25) is 0 Å². The fraction of sp³-hybridized carbons (Fsp3) is 0.600. The third-order valence-corrected chi connectivity index (χ3v) is 3.73. The molecule has 1 saturated heterocycles. The first-order valence-corrected chi connectivity index (χ1v) is 6.70. The smallest absolute Gasteiger partial charge is 0.125 e. The maximum absolute atomic E-state index is 5.59. The molecule has 0 bridgehead atoms. The molecular formula is C15H23NO. The lowest BCUT2D eigenvalue weighted by Crippen LogP contribution is -2.28. The number of ether oxygens (including phenoxy) is 1. The van der Waals surface area contributed by atoms with Crippen molar-refractivity contribution < 1.29 is 4.74 Å². The van der Waals surface area contributed by atoms with Gasteiger partial charge in [0.1, 0.15) is 5.75 Å². The first kappa shape index (κ1) is 12.4. The Bertz CT molecular complexity index is 356. The molecule has 2 rings (SSSR count). The summed E-state index contributed by atoms with van der Waals surface area (Å²) in [6, 6.07) is 6.56. The third kappa shape index (κ3) is 3.01. The highest BCUT2D eigenvalue weighted by Crippen LogP contribution is 2.28. The van der Waals surface area contributed by atoms with Crippen molar-refractivity contribution in [2.24, 2.45) is 5.92 Å². The van der Waals surface area contributed by atoms with Crippen molar-refractivity contribution >= 4 is 0 Å². The largest absolute Gasteiger partial charge is 0.496 e. The van der Waals surface area contributed by atoms with E-state index in [1.54, 1.807) is 7.11 Å². The Labute approximate surface area is 104 Å². The highest BCUT2D eigenvalue weighted by Gasteiger charge is 2.16. The Hall–Kier alpha value is -1.02. The first-order valence-electron chi connectivity index (χ1n) is 6.70. The monoisotopic (exact) mass is 233 g/mol. The van der Waals surface area contributed by atoms with Crippen molar-refractivity contribution in [3.8, 4) is 5.75 Å². The fourth-order valence-electron chi connectivity index (χ4n) is 2.74. The summed E-state index contributed by atoms with van der Waals surface area (Å²) in [5.74, 6) is 1.94. The predicted octanol–water partition coefficient (Wildman–Crippen LogP) is 2.80. The molecule has 2 heteroatoms. The van der Waals surface area contributed by atoms with Gasteiger partial charge in [-0.1, -0.05) is 25.1 Å². The zero-order valence-electron chi connectivity index (χ0n) is 11.0. The fourth-order valence-corrected chi connectivity index (χ4v) is 2.74. The Kier molecular flexibility index (Phi) is 4.43. The third-order valence-electron chi connectivity index (χ3n) is 3.73.